The predicted octanol–water partition coefficient (Wildman–Crippen LogP) is 5.97. The molecule has 0 bridgehead atoms. The number of fused-ring (bicyclic) bond motifs is 1. The van der Waals surface area contributed by atoms with Gasteiger partial charge in [0.05, 0.1) is 7.11 Å². The SMILES string of the molecule is COc1c(F)c(F)c(C(=O)Nc2ccc3oc(-c4ccc(Cl)cc4)nc3c2)c(F)c1F. The second-order valence-electron chi connectivity index (χ2n) is 6.33. The Morgan fingerprint density at radius 3 is 2.26 bits per heavy atom. The van der Waals surface area contributed by atoms with Crippen LogP contribution in [0.1, 0.15) is 10.4 Å². The van der Waals surface area contributed by atoms with Crippen molar-refractivity contribution in [2.24, 2.45) is 0 Å². The Kier molecular flexibility index (Phi) is 5.28. The average molecular weight is 451 g/mol. The molecule has 0 aliphatic heterocycles. The van der Waals surface area contributed by atoms with Gasteiger partial charge in [-0.1, -0.05) is 11.6 Å². The molecule has 0 saturated heterocycles. The van der Waals surface area contributed by atoms with E-state index in [1.165, 1.54) is 18.2 Å². The van der Waals surface area contributed by atoms with Crippen LogP contribution in [0.2, 0.25) is 5.02 Å². The third-order valence-electron chi connectivity index (χ3n) is 4.39. The third-order valence-corrected chi connectivity index (χ3v) is 4.64. The van der Waals surface area contributed by atoms with Gasteiger partial charge >= 0.3 is 0 Å². The maximum Gasteiger partial charge on any atom is 0.261 e. The number of amides is 1. The zero-order valence-electron chi connectivity index (χ0n) is 15.6. The van der Waals surface area contributed by atoms with Crippen molar-refractivity contribution in [3.63, 3.8) is 0 Å². The van der Waals surface area contributed by atoms with E-state index in [0.717, 1.165) is 7.11 Å². The van der Waals surface area contributed by atoms with Gasteiger partial charge in [0.1, 0.15) is 11.1 Å². The number of halogens is 5. The van der Waals surface area contributed by atoms with E-state index in [4.69, 9.17) is 16.0 Å². The standard InChI is InChI=1S/C21H11ClF4N2O3/c1-30-19-17(25)15(23)14(16(24)18(19)26)20(29)27-11-6-7-13-12(8-11)28-21(31-13)9-2-4-10(22)5-3-9/h2-8H,1H3,(H,27,29). The van der Waals surface area contributed by atoms with Gasteiger partial charge in [-0.25, -0.2) is 13.8 Å². The molecule has 0 aliphatic rings. The molecular weight excluding hydrogens is 440 g/mol. The highest BCUT2D eigenvalue weighted by molar-refractivity contribution is 6.30. The van der Waals surface area contributed by atoms with E-state index in [9.17, 15) is 22.4 Å². The molecule has 4 aromatic rings. The first-order valence-electron chi connectivity index (χ1n) is 8.68. The van der Waals surface area contributed by atoms with E-state index in [1.807, 2.05) is 0 Å². The maximum absolute atomic E-state index is 14.2. The molecule has 0 saturated carbocycles. The van der Waals surface area contributed by atoms with E-state index in [0.29, 0.717) is 21.7 Å². The number of methoxy groups -OCH3 is 1. The summed E-state index contributed by atoms with van der Waals surface area (Å²) in [5.74, 6) is -9.74. The molecular formula is C21H11ClF4N2O3. The molecule has 0 unspecified atom stereocenters. The summed E-state index contributed by atoms with van der Waals surface area (Å²) in [5, 5.41) is 2.73. The average Bonchev–Trinajstić information content (AvgIpc) is 3.17. The summed E-state index contributed by atoms with van der Waals surface area (Å²) in [6, 6.07) is 11.0. The van der Waals surface area contributed by atoms with Crippen LogP contribution in [0.15, 0.2) is 46.9 Å². The van der Waals surface area contributed by atoms with Crippen LogP contribution in [0.3, 0.4) is 0 Å². The Morgan fingerprint density at radius 1 is 1.00 bits per heavy atom. The maximum atomic E-state index is 14.2. The molecule has 1 amide bonds. The number of hydrogen-bond donors (Lipinski definition) is 1. The minimum Gasteiger partial charge on any atom is -0.491 e. The number of oxazole rings is 1. The van der Waals surface area contributed by atoms with Crippen LogP contribution in [0, 0.1) is 23.3 Å². The Balaban J connectivity index is 1.66. The monoisotopic (exact) mass is 450 g/mol. The Morgan fingerprint density at radius 2 is 1.65 bits per heavy atom. The number of carbonyl (C=O) groups is 1. The number of nitrogens with zero attached hydrogens (tertiary/aromatic N) is 1. The van der Waals surface area contributed by atoms with Crippen molar-refractivity contribution in [1.82, 2.24) is 4.98 Å². The summed E-state index contributed by atoms with van der Waals surface area (Å²) in [4.78, 5) is 16.6. The van der Waals surface area contributed by atoms with Gasteiger partial charge in [0.2, 0.25) is 17.5 Å². The molecule has 31 heavy (non-hydrogen) atoms. The number of rotatable bonds is 4. The summed E-state index contributed by atoms with van der Waals surface area (Å²) >= 11 is 5.86. The lowest BCUT2D eigenvalue weighted by Gasteiger charge is -2.11. The largest absolute Gasteiger partial charge is 0.491 e. The summed E-state index contributed by atoms with van der Waals surface area (Å²) in [5.41, 5.74) is 0.0129. The van der Waals surface area contributed by atoms with E-state index in [-0.39, 0.29) is 11.6 Å². The number of hydrogen-bond acceptors (Lipinski definition) is 4. The van der Waals surface area contributed by atoms with Gasteiger partial charge in [0.25, 0.3) is 5.91 Å². The molecule has 158 valence electrons. The smallest absolute Gasteiger partial charge is 0.261 e. The number of ether oxygens (including phenoxy) is 1. The predicted molar refractivity (Wildman–Crippen MR) is 105 cm³/mol. The molecule has 0 radical (unpaired) electrons. The minimum absolute atomic E-state index is 0.0730. The fourth-order valence-electron chi connectivity index (χ4n) is 2.90. The lowest BCUT2D eigenvalue weighted by Crippen LogP contribution is -2.18. The lowest BCUT2D eigenvalue weighted by atomic mass is 10.1. The first-order valence-corrected chi connectivity index (χ1v) is 9.05. The van der Waals surface area contributed by atoms with Gasteiger partial charge in [0.15, 0.2) is 23.0 Å². The molecule has 1 aromatic heterocycles. The van der Waals surface area contributed by atoms with Gasteiger partial charge in [-0.2, -0.15) is 8.78 Å². The third kappa shape index (κ3) is 3.68. The first kappa shape index (κ1) is 20.7. The second kappa shape index (κ2) is 7.92. The van der Waals surface area contributed by atoms with Gasteiger partial charge < -0.3 is 14.5 Å². The molecule has 0 fully saturated rings. The second-order valence-corrected chi connectivity index (χ2v) is 6.76. The number of aromatic nitrogens is 1. The van der Waals surface area contributed by atoms with Gasteiger partial charge in [-0.05, 0) is 42.5 Å². The number of carbonyl (C=O) groups excluding carboxylic acids is 1. The van der Waals surface area contributed by atoms with Gasteiger partial charge in [-0.15, -0.1) is 0 Å². The van der Waals surface area contributed by atoms with Crippen LogP contribution in [-0.2, 0) is 0 Å². The molecule has 3 aromatic carbocycles. The molecule has 0 spiro atoms. The van der Waals surface area contributed by atoms with Crippen molar-refractivity contribution in [2.45, 2.75) is 0 Å². The van der Waals surface area contributed by atoms with Gasteiger partial charge in [0, 0.05) is 16.3 Å². The van der Waals surface area contributed by atoms with Crippen molar-refractivity contribution in [1.29, 1.82) is 0 Å². The van der Waals surface area contributed by atoms with Crippen molar-refractivity contribution in [2.75, 3.05) is 12.4 Å². The van der Waals surface area contributed by atoms with Crippen LogP contribution < -0.4 is 10.1 Å². The molecule has 4 rings (SSSR count). The Bertz CT molecular complexity index is 1290. The van der Waals surface area contributed by atoms with Crippen LogP contribution >= 0.6 is 11.6 Å². The van der Waals surface area contributed by atoms with Crippen molar-refractivity contribution >= 4 is 34.3 Å². The van der Waals surface area contributed by atoms with Gasteiger partial charge in [-0.3, -0.25) is 4.79 Å². The first-order chi connectivity index (χ1) is 14.8. The zero-order valence-corrected chi connectivity index (χ0v) is 16.4. The van der Waals surface area contributed by atoms with E-state index in [2.05, 4.69) is 15.0 Å². The fourth-order valence-corrected chi connectivity index (χ4v) is 3.03. The number of nitrogens with one attached hydrogen (secondary N) is 1. The summed E-state index contributed by atoms with van der Waals surface area (Å²) < 4.78 is 66.0. The summed E-state index contributed by atoms with van der Waals surface area (Å²) in [6.45, 7) is 0. The topological polar surface area (TPSA) is 64.4 Å². The molecule has 1 heterocycles. The lowest BCUT2D eigenvalue weighted by molar-refractivity contribution is 0.101. The highest BCUT2D eigenvalue weighted by Gasteiger charge is 2.30. The Labute approximate surface area is 177 Å². The molecule has 1 N–H and O–H groups in total. The zero-order chi connectivity index (χ0) is 22.3. The van der Waals surface area contributed by atoms with E-state index < -0.39 is 40.5 Å². The normalized spacial score (nSPS) is 11.0. The Hall–Kier alpha value is -3.59. The van der Waals surface area contributed by atoms with Crippen molar-refractivity contribution in [3.8, 4) is 17.2 Å². The molecule has 0 aliphatic carbocycles. The van der Waals surface area contributed by atoms with E-state index in [1.54, 1.807) is 24.3 Å². The highest BCUT2D eigenvalue weighted by Crippen LogP contribution is 2.31. The number of anilines is 1. The van der Waals surface area contributed by atoms with Crippen molar-refractivity contribution in [3.05, 3.63) is 76.3 Å². The quantitative estimate of drug-likeness (QED) is 0.307. The fraction of sp³-hybridized carbons (Fsp3) is 0.0476. The van der Waals surface area contributed by atoms with E-state index >= 15 is 0 Å². The molecule has 5 nitrogen and oxygen atoms in total. The van der Waals surface area contributed by atoms with Crippen LogP contribution in [-0.4, -0.2) is 18.0 Å². The van der Waals surface area contributed by atoms with Crippen LogP contribution in [0.4, 0.5) is 23.2 Å². The summed E-state index contributed by atoms with van der Waals surface area (Å²) in [6.07, 6.45) is 0. The minimum atomic E-state index is -1.87. The summed E-state index contributed by atoms with van der Waals surface area (Å²) in [7, 11) is 0.839. The highest BCUT2D eigenvalue weighted by atomic mass is 35.5. The molecule has 0 atom stereocenters. The number of benzene rings is 3. The van der Waals surface area contributed by atoms with Crippen molar-refractivity contribution < 1.29 is 31.5 Å². The molecule has 10 heteroatoms. The van der Waals surface area contributed by atoms with Crippen LogP contribution in [0.5, 0.6) is 5.75 Å². The van der Waals surface area contributed by atoms with Crippen LogP contribution in [0.25, 0.3) is 22.6 Å².